The van der Waals surface area contributed by atoms with E-state index in [1.165, 1.54) is 6.42 Å². The van der Waals surface area contributed by atoms with Crippen LogP contribution in [0.15, 0.2) is 30.3 Å². The third-order valence-electron chi connectivity index (χ3n) is 6.33. The molecule has 4 rings (SSSR count). The zero-order chi connectivity index (χ0) is 17.9. The Kier molecular flexibility index (Phi) is 6.77. The molecular formula is C21H30ClN3O2. The number of rotatable bonds is 3. The first-order chi connectivity index (χ1) is 12.7. The largest absolute Gasteiger partial charge is 0.351 e. The lowest BCUT2D eigenvalue weighted by Gasteiger charge is -2.34. The molecule has 148 valence electrons. The molecule has 1 aromatic rings. The number of hydrogen-bond donors (Lipinski definition) is 2. The van der Waals surface area contributed by atoms with E-state index in [2.05, 4.69) is 10.6 Å². The maximum Gasteiger partial charge on any atom is 0.254 e. The minimum Gasteiger partial charge on any atom is -0.351 e. The molecule has 2 heterocycles. The number of carbonyl (C=O) groups is 2. The van der Waals surface area contributed by atoms with E-state index in [0.29, 0.717) is 11.5 Å². The third-order valence-corrected chi connectivity index (χ3v) is 6.33. The summed E-state index contributed by atoms with van der Waals surface area (Å²) in [5.41, 5.74) is 0.693. The second kappa shape index (κ2) is 9.07. The van der Waals surface area contributed by atoms with E-state index in [4.69, 9.17) is 0 Å². The van der Waals surface area contributed by atoms with Gasteiger partial charge in [-0.2, -0.15) is 0 Å². The van der Waals surface area contributed by atoms with Crippen LogP contribution in [0.25, 0.3) is 0 Å². The summed E-state index contributed by atoms with van der Waals surface area (Å²) in [6.45, 7) is 1.90. The van der Waals surface area contributed by atoms with Crippen LogP contribution in [0.4, 0.5) is 0 Å². The molecular weight excluding hydrogens is 362 g/mol. The Morgan fingerprint density at radius 2 is 1.70 bits per heavy atom. The van der Waals surface area contributed by atoms with Crippen LogP contribution < -0.4 is 10.6 Å². The molecule has 5 nitrogen and oxygen atoms in total. The van der Waals surface area contributed by atoms with Crippen molar-refractivity contribution in [3.05, 3.63) is 35.9 Å². The van der Waals surface area contributed by atoms with E-state index in [-0.39, 0.29) is 42.3 Å². The predicted molar refractivity (Wildman–Crippen MR) is 108 cm³/mol. The van der Waals surface area contributed by atoms with E-state index in [1.807, 2.05) is 35.2 Å². The van der Waals surface area contributed by atoms with E-state index in [9.17, 15) is 9.59 Å². The molecule has 0 spiro atoms. The van der Waals surface area contributed by atoms with Gasteiger partial charge in [-0.1, -0.05) is 31.0 Å². The third kappa shape index (κ3) is 4.30. The Bertz CT molecular complexity index is 648. The molecule has 3 unspecified atom stereocenters. The van der Waals surface area contributed by atoms with Crippen LogP contribution in [0.1, 0.15) is 55.3 Å². The van der Waals surface area contributed by atoms with Crippen molar-refractivity contribution in [1.82, 2.24) is 15.5 Å². The number of fused-ring (bicyclic) bond motifs is 1. The van der Waals surface area contributed by atoms with Crippen molar-refractivity contribution in [1.29, 1.82) is 0 Å². The lowest BCUT2D eigenvalue weighted by molar-refractivity contribution is -0.126. The van der Waals surface area contributed by atoms with Crippen LogP contribution in [-0.2, 0) is 4.79 Å². The predicted octanol–water partition coefficient (Wildman–Crippen LogP) is 2.75. The number of amides is 2. The molecule has 2 amide bonds. The second-order valence-corrected chi connectivity index (χ2v) is 7.97. The van der Waals surface area contributed by atoms with Crippen molar-refractivity contribution in [3.8, 4) is 0 Å². The van der Waals surface area contributed by atoms with Gasteiger partial charge in [0.15, 0.2) is 0 Å². The maximum absolute atomic E-state index is 13.2. The van der Waals surface area contributed by atoms with Crippen LogP contribution in [0.3, 0.4) is 0 Å². The van der Waals surface area contributed by atoms with Crippen LogP contribution in [0, 0.1) is 5.92 Å². The Labute approximate surface area is 167 Å². The van der Waals surface area contributed by atoms with Gasteiger partial charge in [0.1, 0.15) is 6.04 Å². The highest BCUT2D eigenvalue weighted by molar-refractivity contribution is 5.98. The molecule has 1 saturated carbocycles. The van der Waals surface area contributed by atoms with Gasteiger partial charge in [-0.05, 0) is 63.2 Å². The van der Waals surface area contributed by atoms with Crippen molar-refractivity contribution >= 4 is 24.2 Å². The molecule has 0 bridgehead atoms. The highest BCUT2D eigenvalue weighted by atomic mass is 35.5. The molecule has 0 aromatic heterocycles. The Hall–Kier alpha value is -1.59. The maximum atomic E-state index is 13.2. The highest BCUT2D eigenvalue weighted by Gasteiger charge is 2.47. The summed E-state index contributed by atoms with van der Waals surface area (Å²) in [5.74, 6) is 0.543. The van der Waals surface area contributed by atoms with E-state index in [1.54, 1.807) is 0 Å². The summed E-state index contributed by atoms with van der Waals surface area (Å²) in [4.78, 5) is 28.2. The van der Waals surface area contributed by atoms with Gasteiger partial charge in [0.05, 0.1) is 0 Å². The Balaban J connectivity index is 0.00000210. The van der Waals surface area contributed by atoms with Gasteiger partial charge in [0, 0.05) is 17.6 Å². The SMILES string of the molecule is Cl.O=C(NC1CCNCC1)C1CC2CCCCC2N1C(=O)c1ccccc1. The van der Waals surface area contributed by atoms with Crippen molar-refractivity contribution < 1.29 is 9.59 Å². The molecule has 2 N–H and O–H groups in total. The number of benzene rings is 1. The molecule has 1 aromatic carbocycles. The monoisotopic (exact) mass is 391 g/mol. The zero-order valence-corrected chi connectivity index (χ0v) is 16.5. The molecule has 1 aliphatic carbocycles. The standard InChI is InChI=1S/C21H29N3O2.ClH/c25-20(23-17-10-12-22-13-11-17)19-14-16-8-4-5-9-18(16)24(19)21(26)15-6-2-1-3-7-15;/h1-3,6-7,16-19,22H,4-5,8-14H2,(H,23,25);1H. The fraction of sp³-hybridized carbons (Fsp3) is 0.619. The highest BCUT2D eigenvalue weighted by Crippen LogP contribution is 2.40. The number of halogens is 1. The van der Waals surface area contributed by atoms with Gasteiger partial charge >= 0.3 is 0 Å². The Morgan fingerprint density at radius 1 is 1.00 bits per heavy atom. The molecule has 3 aliphatic rings. The second-order valence-electron chi connectivity index (χ2n) is 7.97. The first-order valence-electron chi connectivity index (χ1n) is 10.1. The number of carbonyl (C=O) groups excluding carboxylic acids is 2. The summed E-state index contributed by atoms with van der Waals surface area (Å²) in [6, 6.07) is 9.58. The molecule has 2 saturated heterocycles. The van der Waals surface area contributed by atoms with Gasteiger partial charge in [0.2, 0.25) is 5.91 Å². The lowest BCUT2D eigenvalue weighted by atomic mass is 9.84. The van der Waals surface area contributed by atoms with Gasteiger partial charge < -0.3 is 15.5 Å². The first kappa shape index (κ1) is 20.2. The Morgan fingerprint density at radius 3 is 2.44 bits per heavy atom. The van der Waals surface area contributed by atoms with Crippen LogP contribution in [0.5, 0.6) is 0 Å². The average molecular weight is 392 g/mol. The van der Waals surface area contributed by atoms with Crippen molar-refractivity contribution in [3.63, 3.8) is 0 Å². The summed E-state index contributed by atoms with van der Waals surface area (Å²) in [7, 11) is 0. The summed E-state index contributed by atoms with van der Waals surface area (Å²) >= 11 is 0. The quantitative estimate of drug-likeness (QED) is 0.832. The molecule has 2 aliphatic heterocycles. The number of nitrogens with zero attached hydrogens (tertiary/aromatic N) is 1. The van der Waals surface area contributed by atoms with Crippen LogP contribution >= 0.6 is 12.4 Å². The van der Waals surface area contributed by atoms with Crippen molar-refractivity contribution in [2.45, 2.75) is 63.1 Å². The van der Waals surface area contributed by atoms with E-state index >= 15 is 0 Å². The lowest BCUT2D eigenvalue weighted by Crippen LogP contribution is -2.52. The smallest absolute Gasteiger partial charge is 0.254 e. The normalized spacial score (nSPS) is 28.1. The zero-order valence-electron chi connectivity index (χ0n) is 15.7. The van der Waals surface area contributed by atoms with Crippen LogP contribution in [0.2, 0.25) is 0 Å². The van der Waals surface area contributed by atoms with Gasteiger partial charge in [0.25, 0.3) is 5.91 Å². The van der Waals surface area contributed by atoms with Crippen molar-refractivity contribution in [2.24, 2.45) is 5.92 Å². The minimum atomic E-state index is -0.314. The van der Waals surface area contributed by atoms with Gasteiger partial charge in [-0.3, -0.25) is 9.59 Å². The number of likely N-dealkylation sites (tertiary alicyclic amines) is 1. The molecule has 3 atom stereocenters. The molecule has 27 heavy (non-hydrogen) atoms. The van der Waals surface area contributed by atoms with Crippen molar-refractivity contribution in [2.75, 3.05) is 13.1 Å². The fourth-order valence-electron chi connectivity index (χ4n) is 4.98. The average Bonchev–Trinajstić information content (AvgIpc) is 3.08. The summed E-state index contributed by atoms with van der Waals surface area (Å²) in [5, 5.41) is 6.56. The number of nitrogens with one attached hydrogen (secondary N) is 2. The van der Waals surface area contributed by atoms with Gasteiger partial charge in [-0.25, -0.2) is 0 Å². The fourth-order valence-corrected chi connectivity index (χ4v) is 4.98. The topological polar surface area (TPSA) is 61.4 Å². The van der Waals surface area contributed by atoms with Gasteiger partial charge in [-0.15, -0.1) is 12.4 Å². The number of hydrogen-bond acceptors (Lipinski definition) is 3. The summed E-state index contributed by atoms with van der Waals surface area (Å²) < 4.78 is 0. The van der Waals surface area contributed by atoms with Crippen LogP contribution in [-0.4, -0.2) is 47.9 Å². The molecule has 3 fully saturated rings. The summed E-state index contributed by atoms with van der Waals surface area (Å²) in [6.07, 6.45) is 7.30. The minimum absolute atomic E-state index is 0. The first-order valence-corrected chi connectivity index (χ1v) is 10.1. The number of piperidine rings is 1. The molecule has 0 radical (unpaired) electrons. The molecule has 6 heteroatoms. The van der Waals surface area contributed by atoms with E-state index < -0.39 is 0 Å². The van der Waals surface area contributed by atoms with E-state index in [0.717, 1.165) is 51.6 Å².